The minimum absolute atomic E-state index is 0.0809. The summed E-state index contributed by atoms with van der Waals surface area (Å²) in [6.07, 6.45) is 18.3. The molecule has 0 unspecified atom stereocenters. The van der Waals surface area contributed by atoms with E-state index >= 15 is 0 Å². The first kappa shape index (κ1) is 35.3. The van der Waals surface area contributed by atoms with Gasteiger partial charge < -0.3 is 29.0 Å². The van der Waals surface area contributed by atoms with Crippen molar-refractivity contribution in [2.24, 2.45) is 0 Å². The minimum atomic E-state index is -1.06. The molecule has 0 aliphatic carbocycles. The van der Waals surface area contributed by atoms with Gasteiger partial charge in [0, 0.05) is 19.6 Å². The molecular weight excluding hydrogens is 482 g/mol. The smallest absolute Gasteiger partial charge is 0.305 e. The maximum atomic E-state index is 12.2. The number of aliphatic hydroxyl groups excluding tert-OH is 1. The number of unbranched alkanes of at least 4 members (excludes halogenated alkanes) is 14. The van der Waals surface area contributed by atoms with Crippen LogP contribution in [0.1, 0.15) is 129 Å². The number of hydrogen-bond acceptors (Lipinski definition) is 7. The lowest BCUT2D eigenvalue weighted by atomic mass is 10.1. The molecule has 0 aromatic heterocycles. The molecule has 1 saturated heterocycles. The molecule has 38 heavy (non-hydrogen) atoms. The van der Waals surface area contributed by atoms with Gasteiger partial charge in [-0.15, -0.1) is 0 Å². The second-order valence-corrected chi connectivity index (χ2v) is 11.3. The first-order valence-corrected chi connectivity index (χ1v) is 15.9. The lowest BCUT2D eigenvalue weighted by Crippen LogP contribution is -2.40. The van der Waals surface area contributed by atoms with Gasteiger partial charge in [0.2, 0.25) is 0 Å². The molecule has 7 nitrogen and oxygen atoms in total. The first-order chi connectivity index (χ1) is 18.5. The zero-order valence-corrected chi connectivity index (χ0v) is 25.3. The zero-order valence-electron chi connectivity index (χ0n) is 25.3. The normalized spacial score (nSPS) is 21.4. The van der Waals surface area contributed by atoms with Crippen LogP contribution in [0.5, 0.6) is 0 Å². The van der Waals surface area contributed by atoms with E-state index in [1.54, 1.807) is 0 Å². The highest BCUT2D eigenvalue weighted by atomic mass is 16.7. The average Bonchev–Trinajstić information content (AvgIpc) is 3.19. The molecule has 0 saturated carbocycles. The van der Waals surface area contributed by atoms with Gasteiger partial charge in [0.05, 0.1) is 0 Å². The summed E-state index contributed by atoms with van der Waals surface area (Å²) < 4.78 is 23.6. The van der Waals surface area contributed by atoms with Crippen LogP contribution < -0.4 is 0 Å². The van der Waals surface area contributed by atoms with Crippen LogP contribution in [-0.4, -0.2) is 81.0 Å². The molecular formula is C31H61NO6. The Labute approximate surface area is 234 Å². The Morgan fingerprint density at radius 3 is 1.68 bits per heavy atom. The third-order valence-electron chi connectivity index (χ3n) is 7.30. The number of nitrogens with zero attached hydrogens (tertiary/aromatic N) is 1. The summed E-state index contributed by atoms with van der Waals surface area (Å²) in [5.41, 5.74) is 0. The molecule has 0 amide bonds. The Hall–Kier alpha value is -0.730. The Morgan fingerprint density at radius 1 is 0.711 bits per heavy atom. The number of esters is 1. The summed E-state index contributed by atoms with van der Waals surface area (Å²) in [6, 6.07) is 0. The number of ether oxygens (including phenoxy) is 4. The molecule has 1 aliphatic rings. The zero-order chi connectivity index (χ0) is 27.8. The van der Waals surface area contributed by atoms with E-state index in [0.717, 1.165) is 38.6 Å². The van der Waals surface area contributed by atoms with E-state index in [-0.39, 0.29) is 12.6 Å². The maximum absolute atomic E-state index is 12.2. The summed E-state index contributed by atoms with van der Waals surface area (Å²) in [4.78, 5) is 14.3. The van der Waals surface area contributed by atoms with Crippen LogP contribution in [0.15, 0.2) is 0 Å². The first-order valence-electron chi connectivity index (χ1n) is 15.9. The Kier molecular flexibility index (Phi) is 22.4. The van der Waals surface area contributed by atoms with Crippen molar-refractivity contribution >= 4 is 5.97 Å². The van der Waals surface area contributed by atoms with Gasteiger partial charge in [-0.05, 0) is 39.9 Å². The van der Waals surface area contributed by atoms with E-state index in [2.05, 4.69) is 13.8 Å². The monoisotopic (exact) mass is 543 g/mol. The van der Waals surface area contributed by atoms with Gasteiger partial charge >= 0.3 is 5.97 Å². The van der Waals surface area contributed by atoms with Crippen molar-refractivity contribution in [1.29, 1.82) is 0 Å². The van der Waals surface area contributed by atoms with Crippen LogP contribution >= 0.6 is 0 Å². The Balaban J connectivity index is 2.43. The molecule has 0 spiro atoms. The van der Waals surface area contributed by atoms with Crippen LogP contribution in [0.25, 0.3) is 0 Å². The highest BCUT2D eigenvalue weighted by molar-refractivity contribution is 5.69. The van der Waals surface area contributed by atoms with E-state index in [0.29, 0.717) is 19.6 Å². The highest BCUT2D eigenvalue weighted by Gasteiger charge is 2.46. The van der Waals surface area contributed by atoms with Gasteiger partial charge in [-0.1, -0.05) is 104 Å². The van der Waals surface area contributed by atoms with Crippen molar-refractivity contribution in [2.45, 2.75) is 154 Å². The number of hydrogen-bond donors (Lipinski definition) is 1. The van der Waals surface area contributed by atoms with Gasteiger partial charge in [-0.2, -0.15) is 0 Å². The molecule has 1 heterocycles. The molecule has 0 aromatic carbocycles. The van der Waals surface area contributed by atoms with Gasteiger partial charge in [-0.25, -0.2) is 0 Å². The number of aliphatic hydroxyl groups is 1. The summed E-state index contributed by atoms with van der Waals surface area (Å²) >= 11 is 0. The predicted octanol–water partition coefficient (Wildman–Crippen LogP) is 6.64. The fourth-order valence-electron chi connectivity index (χ4n) is 4.92. The molecule has 1 aliphatic heterocycles. The second kappa shape index (κ2) is 24.1. The predicted molar refractivity (Wildman–Crippen MR) is 154 cm³/mol. The SMILES string of the molecule is CCCCCCCCCCO[C@@H]1[C@H](OCCCCCCCCCC)[C@H](O)O[C@@H]1COC(=O)CCCN(C)C. The fourth-order valence-corrected chi connectivity index (χ4v) is 4.92. The molecule has 0 aromatic rings. The van der Waals surface area contributed by atoms with Crippen molar-refractivity contribution in [3.05, 3.63) is 0 Å². The quantitative estimate of drug-likeness (QED) is 0.0968. The van der Waals surface area contributed by atoms with E-state index in [4.69, 9.17) is 18.9 Å². The molecule has 1 N–H and O–H groups in total. The van der Waals surface area contributed by atoms with E-state index < -0.39 is 24.6 Å². The van der Waals surface area contributed by atoms with E-state index in [9.17, 15) is 9.90 Å². The van der Waals surface area contributed by atoms with Crippen molar-refractivity contribution in [1.82, 2.24) is 4.90 Å². The number of rotatable bonds is 26. The summed E-state index contributed by atoms with van der Waals surface area (Å²) in [6.45, 7) is 6.58. The molecule has 0 radical (unpaired) electrons. The third-order valence-corrected chi connectivity index (χ3v) is 7.30. The van der Waals surface area contributed by atoms with Crippen LogP contribution in [0.4, 0.5) is 0 Å². The lowest BCUT2D eigenvalue weighted by molar-refractivity contribution is -0.161. The van der Waals surface area contributed by atoms with Gasteiger partial charge in [-0.3, -0.25) is 4.79 Å². The minimum Gasteiger partial charge on any atom is -0.463 e. The number of carbonyl (C=O) groups excluding carboxylic acids is 1. The summed E-state index contributed by atoms with van der Waals surface area (Å²) in [7, 11) is 3.97. The van der Waals surface area contributed by atoms with Crippen molar-refractivity contribution in [2.75, 3.05) is 40.5 Å². The number of carbonyl (C=O) groups is 1. The third kappa shape index (κ3) is 17.8. The average molecular weight is 544 g/mol. The van der Waals surface area contributed by atoms with Gasteiger partial charge in [0.15, 0.2) is 6.29 Å². The molecule has 1 fully saturated rings. The van der Waals surface area contributed by atoms with Gasteiger partial charge in [0.25, 0.3) is 0 Å². The van der Waals surface area contributed by atoms with Crippen LogP contribution in [0, 0.1) is 0 Å². The van der Waals surface area contributed by atoms with Crippen LogP contribution in [0.3, 0.4) is 0 Å². The lowest BCUT2D eigenvalue weighted by Gasteiger charge is -2.24. The van der Waals surface area contributed by atoms with Crippen LogP contribution in [-0.2, 0) is 23.7 Å². The Morgan fingerprint density at radius 2 is 1.18 bits per heavy atom. The molecule has 4 atom stereocenters. The van der Waals surface area contributed by atoms with Crippen molar-refractivity contribution < 1.29 is 28.8 Å². The van der Waals surface area contributed by atoms with Crippen LogP contribution in [0.2, 0.25) is 0 Å². The highest BCUT2D eigenvalue weighted by Crippen LogP contribution is 2.27. The largest absolute Gasteiger partial charge is 0.463 e. The maximum Gasteiger partial charge on any atom is 0.305 e. The molecule has 1 rings (SSSR count). The standard InChI is InChI=1S/C31H61NO6/c1-5-7-9-11-13-15-17-19-24-35-29-27(26-37-28(33)22-21-23-32(3)4)38-31(34)30(29)36-25-20-18-16-14-12-10-8-6-2/h27,29-31,34H,5-26H2,1-4H3/t27-,29+,30+,31-/m1/s1. The van der Waals surface area contributed by atoms with E-state index in [1.807, 2.05) is 19.0 Å². The second-order valence-electron chi connectivity index (χ2n) is 11.3. The topological polar surface area (TPSA) is 77.5 Å². The Bertz CT molecular complexity index is 546. The molecule has 226 valence electrons. The summed E-state index contributed by atoms with van der Waals surface area (Å²) in [5.74, 6) is -0.241. The molecule has 0 bridgehead atoms. The summed E-state index contributed by atoms with van der Waals surface area (Å²) in [5, 5.41) is 10.6. The van der Waals surface area contributed by atoms with Crippen molar-refractivity contribution in [3.8, 4) is 0 Å². The fraction of sp³-hybridized carbons (Fsp3) is 0.968. The van der Waals surface area contributed by atoms with Gasteiger partial charge in [0.1, 0.15) is 24.9 Å². The van der Waals surface area contributed by atoms with Crippen molar-refractivity contribution in [3.63, 3.8) is 0 Å². The van der Waals surface area contributed by atoms with E-state index in [1.165, 1.54) is 77.0 Å². The molecule has 7 heteroatoms.